The first-order valence-corrected chi connectivity index (χ1v) is 7.86. The van der Waals surface area contributed by atoms with Gasteiger partial charge in [0.1, 0.15) is 0 Å². The molecule has 0 aliphatic heterocycles. The second-order valence-electron chi connectivity index (χ2n) is 5.15. The van der Waals surface area contributed by atoms with Gasteiger partial charge in [-0.25, -0.2) is 4.79 Å². The molecule has 1 aliphatic rings. The summed E-state index contributed by atoms with van der Waals surface area (Å²) in [6.45, 7) is 0. The fraction of sp³-hybridized carbons (Fsp3) is 0.188. The van der Waals surface area contributed by atoms with Crippen molar-refractivity contribution in [1.82, 2.24) is 5.32 Å². The molecule has 0 unspecified atom stereocenters. The Balaban J connectivity index is 1.72. The van der Waals surface area contributed by atoms with E-state index in [0.29, 0.717) is 10.7 Å². The average Bonchev–Trinajstić information content (AvgIpc) is 3.22. The Morgan fingerprint density at radius 2 is 1.90 bits per heavy atom. The Kier molecular flexibility index (Phi) is 3.91. The third-order valence-corrected chi connectivity index (χ3v) is 4.42. The molecule has 3 nitrogen and oxygen atoms in total. The molecule has 3 rings (SSSR count). The van der Waals surface area contributed by atoms with E-state index in [2.05, 4.69) is 26.6 Å². The average molecular weight is 366 g/mol. The van der Waals surface area contributed by atoms with E-state index in [4.69, 9.17) is 11.6 Å². The van der Waals surface area contributed by atoms with Crippen LogP contribution in [0.25, 0.3) is 0 Å². The third kappa shape index (κ3) is 3.22. The van der Waals surface area contributed by atoms with Crippen LogP contribution in [0.5, 0.6) is 0 Å². The van der Waals surface area contributed by atoms with Crippen molar-refractivity contribution in [1.29, 1.82) is 0 Å². The van der Waals surface area contributed by atoms with Crippen molar-refractivity contribution in [3.8, 4) is 0 Å². The van der Waals surface area contributed by atoms with Crippen LogP contribution in [0.3, 0.4) is 0 Å². The minimum absolute atomic E-state index is 0.236. The number of amides is 2. The summed E-state index contributed by atoms with van der Waals surface area (Å²) in [7, 11) is 0. The number of nitrogens with one attached hydrogen (secondary N) is 2. The smallest absolute Gasteiger partial charge is 0.319 e. The number of benzene rings is 2. The highest BCUT2D eigenvalue weighted by Gasteiger charge is 2.45. The largest absolute Gasteiger partial charge is 0.328 e. The van der Waals surface area contributed by atoms with E-state index in [1.807, 2.05) is 36.4 Å². The summed E-state index contributed by atoms with van der Waals surface area (Å²) < 4.78 is 1.01. The lowest BCUT2D eigenvalue weighted by atomic mass is 10.1. The molecule has 0 spiro atoms. The number of rotatable bonds is 3. The van der Waals surface area contributed by atoms with Gasteiger partial charge in [0.15, 0.2) is 0 Å². The Labute approximate surface area is 136 Å². The number of halogens is 2. The summed E-state index contributed by atoms with van der Waals surface area (Å²) in [5.41, 5.74) is 1.47. The lowest BCUT2D eigenvalue weighted by molar-refractivity contribution is 0.247. The van der Waals surface area contributed by atoms with Gasteiger partial charge in [0, 0.05) is 4.47 Å². The van der Waals surface area contributed by atoms with Crippen molar-refractivity contribution in [3.63, 3.8) is 0 Å². The van der Waals surface area contributed by atoms with Gasteiger partial charge in [-0.15, -0.1) is 0 Å². The molecule has 21 heavy (non-hydrogen) atoms. The van der Waals surface area contributed by atoms with Crippen LogP contribution in [-0.4, -0.2) is 6.03 Å². The van der Waals surface area contributed by atoms with Crippen molar-refractivity contribution >= 4 is 39.2 Å². The summed E-state index contributed by atoms with van der Waals surface area (Å²) in [6, 6.07) is 15.0. The molecule has 2 aromatic rings. The highest BCUT2D eigenvalue weighted by molar-refractivity contribution is 9.10. The molecule has 2 amide bonds. The van der Waals surface area contributed by atoms with Gasteiger partial charge < -0.3 is 10.6 Å². The van der Waals surface area contributed by atoms with Crippen LogP contribution in [0, 0.1) is 0 Å². The van der Waals surface area contributed by atoms with Gasteiger partial charge in [-0.2, -0.15) is 0 Å². The number of para-hydroxylation sites is 1. The zero-order valence-electron chi connectivity index (χ0n) is 11.2. The minimum atomic E-state index is -0.255. The zero-order chi connectivity index (χ0) is 14.9. The SMILES string of the molecule is O=C(Nc1ccccc1Cl)NC1(c2cccc(Br)c2)CC1. The number of hydrogen-bond acceptors (Lipinski definition) is 1. The first kappa shape index (κ1) is 14.4. The Morgan fingerprint density at radius 1 is 1.14 bits per heavy atom. The predicted molar refractivity (Wildman–Crippen MR) is 88.7 cm³/mol. The van der Waals surface area contributed by atoms with Gasteiger partial charge in [-0.05, 0) is 42.7 Å². The zero-order valence-corrected chi connectivity index (χ0v) is 13.5. The normalized spacial score (nSPS) is 15.3. The second kappa shape index (κ2) is 5.70. The lowest BCUT2D eigenvalue weighted by Gasteiger charge is -2.19. The van der Waals surface area contributed by atoms with E-state index >= 15 is 0 Å². The summed E-state index contributed by atoms with van der Waals surface area (Å²) in [5.74, 6) is 0. The van der Waals surface area contributed by atoms with E-state index < -0.39 is 0 Å². The van der Waals surface area contributed by atoms with Gasteiger partial charge in [-0.3, -0.25) is 0 Å². The van der Waals surface area contributed by atoms with Crippen LogP contribution in [-0.2, 0) is 5.54 Å². The number of carbonyl (C=O) groups excluding carboxylic acids is 1. The molecule has 0 aromatic heterocycles. The van der Waals surface area contributed by atoms with E-state index in [-0.39, 0.29) is 11.6 Å². The summed E-state index contributed by atoms with van der Waals surface area (Å²) in [6.07, 6.45) is 1.89. The maximum Gasteiger partial charge on any atom is 0.319 e. The molecule has 0 atom stereocenters. The molecular weight excluding hydrogens is 352 g/mol. The van der Waals surface area contributed by atoms with Crippen LogP contribution >= 0.6 is 27.5 Å². The molecule has 5 heteroatoms. The molecule has 2 N–H and O–H groups in total. The van der Waals surface area contributed by atoms with Crippen LogP contribution in [0.1, 0.15) is 18.4 Å². The third-order valence-electron chi connectivity index (χ3n) is 3.60. The minimum Gasteiger partial charge on any atom is -0.328 e. The molecule has 108 valence electrons. The van der Waals surface area contributed by atoms with Crippen LogP contribution in [0.15, 0.2) is 53.0 Å². The molecule has 1 fully saturated rings. The van der Waals surface area contributed by atoms with E-state index in [1.165, 1.54) is 0 Å². The molecule has 1 saturated carbocycles. The monoisotopic (exact) mass is 364 g/mol. The first-order valence-electron chi connectivity index (χ1n) is 6.69. The van der Waals surface area contributed by atoms with Crippen molar-refractivity contribution in [2.24, 2.45) is 0 Å². The maximum absolute atomic E-state index is 12.2. The van der Waals surface area contributed by atoms with Gasteiger partial charge in [0.25, 0.3) is 0 Å². The molecule has 0 radical (unpaired) electrons. The Hall–Kier alpha value is -1.52. The summed E-state index contributed by atoms with van der Waals surface area (Å²) in [4.78, 5) is 12.2. The molecule has 2 aromatic carbocycles. The second-order valence-corrected chi connectivity index (χ2v) is 6.47. The van der Waals surface area contributed by atoms with E-state index in [1.54, 1.807) is 12.1 Å². The highest BCUT2D eigenvalue weighted by atomic mass is 79.9. The van der Waals surface area contributed by atoms with Crippen LogP contribution in [0.2, 0.25) is 5.02 Å². The molecule has 1 aliphatic carbocycles. The van der Waals surface area contributed by atoms with E-state index in [9.17, 15) is 4.79 Å². The standard InChI is InChI=1S/C16H14BrClN2O/c17-12-5-3-4-11(10-12)16(8-9-16)20-15(21)19-14-7-2-1-6-13(14)18/h1-7,10H,8-9H2,(H2,19,20,21). The van der Waals surface area contributed by atoms with Crippen LogP contribution < -0.4 is 10.6 Å². The maximum atomic E-state index is 12.2. The summed E-state index contributed by atoms with van der Waals surface area (Å²) in [5, 5.41) is 6.38. The van der Waals surface area contributed by atoms with Crippen molar-refractivity contribution in [2.45, 2.75) is 18.4 Å². The van der Waals surface area contributed by atoms with Gasteiger partial charge in [0.2, 0.25) is 0 Å². The van der Waals surface area contributed by atoms with Crippen LogP contribution in [0.4, 0.5) is 10.5 Å². The molecule has 0 bridgehead atoms. The fourth-order valence-corrected chi connectivity index (χ4v) is 2.91. The molecular formula is C16H14BrClN2O. The van der Waals surface area contributed by atoms with Crippen molar-refractivity contribution in [2.75, 3.05) is 5.32 Å². The Bertz CT molecular complexity index is 685. The predicted octanol–water partition coefficient (Wildman–Crippen LogP) is 4.91. The highest BCUT2D eigenvalue weighted by Crippen LogP contribution is 2.46. The number of hydrogen-bond donors (Lipinski definition) is 2. The molecule has 0 heterocycles. The van der Waals surface area contributed by atoms with Crippen molar-refractivity contribution in [3.05, 3.63) is 63.6 Å². The van der Waals surface area contributed by atoms with Crippen molar-refractivity contribution < 1.29 is 4.79 Å². The van der Waals surface area contributed by atoms with Gasteiger partial charge >= 0.3 is 6.03 Å². The Morgan fingerprint density at radius 3 is 2.57 bits per heavy atom. The first-order chi connectivity index (χ1) is 10.1. The molecule has 0 saturated heterocycles. The topological polar surface area (TPSA) is 41.1 Å². The quantitative estimate of drug-likeness (QED) is 0.797. The van der Waals surface area contributed by atoms with Gasteiger partial charge in [0.05, 0.1) is 16.2 Å². The lowest BCUT2D eigenvalue weighted by Crippen LogP contribution is -2.38. The summed E-state index contributed by atoms with van der Waals surface area (Å²) >= 11 is 9.51. The van der Waals surface area contributed by atoms with E-state index in [0.717, 1.165) is 22.9 Å². The van der Waals surface area contributed by atoms with Gasteiger partial charge in [-0.1, -0.05) is 51.8 Å². The fourth-order valence-electron chi connectivity index (χ4n) is 2.33. The number of carbonyl (C=O) groups is 1. The number of anilines is 1. The number of urea groups is 1.